The van der Waals surface area contributed by atoms with E-state index in [1.54, 1.807) is 0 Å². The van der Waals surface area contributed by atoms with Crippen LogP contribution in [0.15, 0.2) is 36.5 Å². The first-order valence-electron chi connectivity index (χ1n) is 6.71. The predicted octanol–water partition coefficient (Wildman–Crippen LogP) is 2.86. The van der Waals surface area contributed by atoms with Crippen molar-refractivity contribution >= 4 is 5.91 Å². The van der Waals surface area contributed by atoms with Gasteiger partial charge in [0, 0.05) is 18.8 Å². The van der Waals surface area contributed by atoms with Crippen molar-refractivity contribution in [3.8, 4) is 5.69 Å². The Morgan fingerprint density at radius 1 is 1.16 bits per heavy atom. The summed E-state index contributed by atoms with van der Waals surface area (Å²) in [5.41, 5.74) is 4.45. The number of carbonyl (C=O) groups excluding carboxylic acids is 1. The molecule has 2 aliphatic rings. The van der Waals surface area contributed by atoms with E-state index in [0.717, 1.165) is 24.2 Å². The van der Waals surface area contributed by atoms with Gasteiger partial charge in [0.2, 0.25) is 0 Å². The fourth-order valence-corrected chi connectivity index (χ4v) is 3.46. The number of hydrogen-bond acceptors (Lipinski definition) is 1. The summed E-state index contributed by atoms with van der Waals surface area (Å²) in [6, 6.07) is 10.2. The Hall–Kier alpha value is -2.03. The number of rotatable bonds is 0. The molecule has 2 heterocycles. The zero-order valence-electron chi connectivity index (χ0n) is 11.2. The maximum atomic E-state index is 12.6. The third kappa shape index (κ3) is 1.20. The quantitative estimate of drug-likeness (QED) is 0.707. The lowest BCUT2D eigenvalue weighted by molar-refractivity contribution is 0.0704. The number of aryl methyl sites for hydroxylation is 1. The molecule has 0 atom stereocenters. The molecule has 1 amide bonds. The molecule has 0 N–H and O–H groups in total. The molecule has 3 nitrogen and oxygen atoms in total. The van der Waals surface area contributed by atoms with Crippen LogP contribution in [-0.4, -0.2) is 22.4 Å². The van der Waals surface area contributed by atoms with Crippen LogP contribution in [0.1, 0.15) is 34.5 Å². The average Bonchev–Trinajstić information content (AvgIpc) is 3.06. The van der Waals surface area contributed by atoms with Crippen LogP contribution in [0.5, 0.6) is 0 Å². The average molecular weight is 252 g/mol. The molecule has 3 heteroatoms. The van der Waals surface area contributed by atoms with Crippen LogP contribution >= 0.6 is 0 Å². The number of nitrogens with zero attached hydrogens (tertiary/aromatic N) is 2. The topological polar surface area (TPSA) is 25.2 Å². The zero-order chi connectivity index (χ0) is 13.2. The number of hydrogen-bond donors (Lipinski definition) is 0. The van der Waals surface area contributed by atoms with E-state index >= 15 is 0 Å². The first kappa shape index (κ1) is 10.9. The van der Waals surface area contributed by atoms with Gasteiger partial charge in [-0.15, -0.1) is 0 Å². The molecular weight excluding hydrogens is 236 g/mol. The van der Waals surface area contributed by atoms with E-state index in [0.29, 0.717) is 0 Å². The molecule has 1 spiro atoms. The maximum absolute atomic E-state index is 12.6. The fourth-order valence-electron chi connectivity index (χ4n) is 3.46. The third-order valence-electron chi connectivity index (χ3n) is 4.61. The van der Waals surface area contributed by atoms with Crippen LogP contribution in [0.2, 0.25) is 0 Å². The van der Waals surface area contributed by atoms with E-state index in [1.165, 1.54) is 11.1 Å². The Morgan fingerprint density at radius 2 is 1.95 bits per heavy atom. The Balaban J connectivity index is 2.12. The van der Waals surface area contributed by atoms with E-state index in [9.17, 15) is 4.79 Å². The first-order chi connectivity index (χ1) is 9.15. The van der Waals surface area contributed by atoms with Gasteiger partial charge >= 0.3 is 0 Å². The highest BCUT2D eigenvalue weighted by atomic mass is 16.2. The summed E-state index contributed by atoms with van der Waals surface area (Å²) in [5, 5.41) is 0. The summed E-state index contributed by atoms with van der Waals surface area (Å²) < 4.78 is 2.04. The summed E-state index contributed by atoms with van der Waals surface area (Å²) in [6.07, 6.45) is 4.12. The van der Waals surface area contributed by atoms with E-state index in [2.05, 4.69) is 25.1 Å². The number of aromatic nitrogens is 1. The lowest BCUT2D eigenvalue weighted by atomic mass is 9.96. The van der Waals surface area contributed by atoms with Gasteiger partial charge in [-0.2, -0.15) is 0 Å². The van der Waals surface area contributed by atoms with Crippen molar-refractivity contribution in [2.75, 3.05) is 7.05 Å². The van der Waals surface area contributed by atoms with Crippen LogP contribution < -0.4 is 0 Å². The monoisotopic (exact) mass is 252 g/mol. The standard InChI is InChI=1S/C16H16N2O/c1-11-5-3-6-12-14(11)16(8-9-16)17(2)15(19)13-7-4-10-18(12)13/h3-7,10H,8-9H2,1-2H3. The second-order valence-corrected chi connectivity index (χ2v) is 5.63. The summed E-state index contributed by atoms with van der Waals surface area (Å²) >= 11 is 0. The predicted molar refractivity (Wildman–Crippen MR) is 73.5 cm³/mol. The van der Waals surface area contributed by atoms with Gasteiger partial charge in [0.15, 0.2) is 0 Å². The van der Waals surface area contributed by atoms with Gasteiger partial charge in [0.25, 0.3) is 5.91 Å². The smallest absolute Gasteiger partial charge is 0.271 e. The molecule has 19 heavy (non-hydrogen) atoms. The molecule has 0 saturated heterocycles. The fraction of sp³-hybridized carbons (Fsp3) is 0.312. The van der Waals surface area contributed by atoms with Gasteiger partial charge in [0.05, 0.1) is 11.2 Å². The van der Waals surface area contributed by atoms with E-state index in [1.807, 2.05) is 34.8 Å². The van der Waals surface area contributed by atoms with Crippen molar-refractivity contribution < 1.29 is 4.79 Å². The Labute approximate surface area is 112 Å². The summed E-state index contributed by atoms with van der Waals surface area (Å²) in [7, 11) is 1.94. The van der Waals surface area contributed by atoms with Gasteiger partial charge in [-0.3, -0.25) is 4.79 Å². The maximum Gasteiger partial charge on any atom is 0.271 e. The van der Waals surface area contributed by atoms with Gasteiger partial charge in [-0.05, 0) is 43.5 Å². The molecule has 1 fully saturated rings. The molecule has 1 aromatic heterocycles. The molecule has 1 aliphatic heterocycles. The van der Waals surface area contributed by atoms with Crippen molar-refractivity contribution in [1.29, 1.82) is 0 Å². The van der Waals surface area contributed by atoms with E-state index in [4.69, 9.17) is 0 Å². The lowest BCUT2D eigenvalue weighted by Gasteiger charge is -2.28. The Morgan fingerprint density at radius 3 is 2.68 bits per heavy atom. The molecule has 2 aromatic rings. The summed E-state index contributed by atoms with van der Waals surface area (Å²) in [5.74, 6) is 0.123. The molecule has 1 aliphatic carbocycles. The van der Waals surface area contributed by atoms with Gasteiger partial charge in [-0.25, -0.2) is 0 Å². The van der Waals surface area contributed by atoms with E-state index in [-0.39, 0.29) is 11.4 Å². The normalized spacial score (nSPS) is 19.1. The van der Waals surface area contributed by atoms with Crippen LogP contribution in [0, 0.1) is 6.92 Å². The molecule has 0 radical (unpaired) electrons. The largest absolute Gasteiger partial charge is 0.331 e. The second-order valence-electron chi connectivity index (χ2n) is 5.63. The van der Waals surface area contributed by atoms with Crippen molar-refractivity contribution in [3.05, 3.63) is 53.3 Å². The lowest BCUT2D eigenvalue weighted by Crippen LogP contribution is -2.36. The molecule has 1 aromatic carbocycles. The highest BCUT2D eigenvalue weighted by molar-refractivity contribution is 5.95. The van der Waals surface area contributed by atoms with Gasteiger partial charge in [0.1, 0.15) is 5.69 Å². The molecule has 4 rings (SSSR count). The second kappa shape index (κ2) is 3.29. The highest BCUT2D eigenvalue weighted by Crippen LogP contribution is 2.54. The van der Waals surface area contributed by atoms with Crippen molar-refractivity contribution in [1.82, 2.24) is 9.47 Å². The van der Waals surface area contributed by atoms with E-state index < -0.39 is 0 Å². The van der Waals surface area contributed by atoms with Crippen molar-refractivity contribution in [2.24, 2.45) is 0 Å². The Bertz CT molecular complexity index is 695. The third-order valence-corrected chi connectivity index (χ3v) is 4.61. The number of fused-ring (bicyclic) bond motifs is 4. The van der Waals surface area contributed by atoms with Crippen LogP contribution in [0.25, 0.3) is 5.69 Å². The van der Waals surface area contributed by atoms with Crippen molar-refractivity contribution in [3.63, 3.8) is 0 Å². The minimum Gasteiger partial charge on any atom is -0.331 e. The summed E-state index contributed by atoms with van der Waals surface area (Å²) in [4.78, 5) is 14.6. The van der Waals surface area contributed by atoms with Crippen LogP contribution in [0.3, 0.4) is 0 Å². The van der Waals surface area contributed by atoms with Gasteiger partial charge in [-0.1, -0.05) is 12.1 Å². The molecule has 96 valence electrons. The number of carbonyl (C=O) groups is 1. The minimum atomic E-state index is -0.0726. The Kier molecular flexibility index (Phi) is 1.88. The van der Waals surface area contributed by atoms with Crippen LogP contribution in [0.4, 0.5) is 0 Å². The summed E-state index contributed by atoms with van der Waals surface area (Å²) in [6.45, 7) is 2.14. The molecular formula is C16H16N2O. The number of benzene rings is 1. The van der Waals surface area contributed by atoms with Crippen LogP contribution in [-0.2, 0) is 5.54 Å². The SMILES string of the molecule is Cc1cccc2c1C1(CC1)N(C)C(=O)c1cccn1-2. The number of amides is 1. The zero-order valence-corrected chi connectivity index (χ0v) is 11.2. The molecule has 0 unspecified atom stereocenters. The minimum absolute atomic E-state index is 0.0726. The van der Waals surface area contributed by atoms with Crippen molar-refractivity contribution in [2.45, 2.75) is 25.3 Å². The molecule has 0 bridgehead atoms. The first-order valence-corrected chi connectivity index (χ1v) is 6.71. The van der Waals surface area contributed by atoms with Gasteiger partial charge < -0.3 is 9.47 Å². The highest BCUT2D eigenvalue weighted by Gasteiger charge is 2.53. The molecule has 1 saturated carbocycles.